The molecule has 1 N–H and O–H groups in total. The zero-order chi connectivity index (χ0) is 21.5. The number of sulfonamides is 1. The summed E-state index contributed by atoms with van der Waals surface area (Å²) in [6.07, 6.45) is 0. The van der Waals surface area contributed by atoms with Crippen LogP contribution in [0.25, 0.3) is 5.69 Å². The standard InChI is InChI=1S/C21H22N4O4S/c1-14-18(15(2)25(23-14)16-7-5-4-6-8-16)12-24(3)30(27,28)17-9-10-20-19(11-17)22-21(26)13-29-20/h4-11H,12-13H2,1-3H3,(H,22,26). The minimum atomic E-state index is -3.79. The molecule has 1 aromatic heterocycles. The molecule has 0 radical (unpaired) electrons. The Morgan fingerprint density at radius 3 is 2.63 bits per heavy atom. The van der Waals surface area contributed by atoms with Crippen molar-refractivity contribution in [3.05, 3.63) is 65.5 Å². The molecule has 1 aliphatic rings. The van der Waals surface area contributed by atoms with Gasteiger partial charge in [-0.15, -0.1) is 0 Å². The van der Waals surface area contributed by atoms with Gasteiger partial charge in [0.25, 0.3) is 5.91 Å². The third kappa shape index (κ3) is 3.57. The predicted molar refractivity (Wildman–Crippen MR) is 112 cm³/mol. The van der Waals surface area contributed by atoms with Crippen LogP contribution in [-0.4, -0.2) is 42.1 Å². The number of hydrogen-bond donors (Lipinski definition) is 1. The van der Waals surface area contributed by atoms with E-state index in [1.54, 1.807) is 6.07 Å². The molecule has 1 aliphatic heterocycles. The largest absolute Gasteiger partial charge is 0.482 e. The molecule has 0 saturated carbocycles. The van der Waals surface area contributed by atoms with E-state index >= 15 is 0 Å². The fourth-order valence-electron chi connectivity index (χ4n) is 3.43. The molecule has 0 fully saturated rings. The second-order valence-corrected chi connectivity index (χ2v) is 9.20. The van der Waals surface area contributed by atoms with Crippen LogP contribution in [0.3, 0.4) is 0 Å². The quantitative estimate of drug-likeness (QED) is 0.677. The van der Waals surface area contributed by atoms with Crippen molar-refractivity contribution in [2.24, 2.45) is 0 Å². The van der Waals surface area contributed by atoms with Crippen molar-refractivity contribution in [2.75, 3.05) is 19.0 Å². The van der Waals surface area contributed by atoms with E-state index in [9.17, 15) is 13.2 Å². The number of fused-ring (bicyclic) bond motifs is 1. The summed E-state index contributed by atoms with van der Waals surface area (Å²) < 4.78 is 34.7. The Morgan fingerprint density at radius 2 is 1.90 bits per heavy atom. The van der Waals surface area contributed by atoms with Crippen LogP contribution in [0.4, 0.5) is 5.69 Å². The highest BCUT2D eigenvalue weighted by atomic mass is 32.2. The van der Waals surface area contributed by atoms with Crippen LogP contribution in [0.2, 0.25) is 0 Å². The average molecular weight is 426 g/mol. The number of aryl methyl sites for hydroxylation is 1. The van der Waals surface area contributed by atoms with Crippen LogP contribution in [0.1, 0.15) is 17.0 Å². The number of para-hydroxylation sites is 1. The number of hydrogen-bond acceptors (Lipinski definition) is 5. The number of rotatable bonds is 5. The minimum Gasteiger partial charge on any atom is -0.482 e. The number of amides is 1. The van der Waals surface area contributed by atoms with Gasteiger partial charge in [-0.2, -0.15) is 9.40 Å². The SMILES string of the molecule is Cc1nn(-c2ccccc2)c(C)c1CN(C)S(=O)(=O)c1ccc2c(c1)NC(=O)CO2. The number of nitrogens with one attached hydrogen (secondary N) is 1. The maximum absolute atomic E-state index is 13.1. The second-order valence-electron chi connectivity index (χ2n) is 7.15. The Bertz CT molecular complexity index is 1220. The Balaban J connectivity index is 1.63. The van der Waals surface area contributed by atoms with Gasteiger partial charge in [-0.05, 0) is 44.2 Å². The number of carbonyl (C=O) groups excluding carboxylic acids is 1. The van der Waals surface area contributed by atoms with Crippen molar-refractivity contribution in [3.63, 3.8) is 0 Å². The molecule has 2 aromatic carbocycles. The molecule has 4 rings (SSSR count). The van der Waals surface area contributed by atoms with Gasteiger partial charge < -0.3 is 10.1 Å². The van der Waals surface area contributed by atoms with E-state index < -0.39 is 10.0 Å². The summed E-state index contributed by atoms with van der Waals surface area (Å²) in [5.74, 6) is 0.136. The first kappa shape index (κ1) is 20.1. The first-order valence-electron chi connectivity index (χ1n) is 9.41. The monoisotopic (exact) mass is 426 g/mol. The molecule has 0 spiro atoms. The number of ether oxygens (including phenoxy) is 1. The van der Waals surface area contributed by atoms with E-state index in [4.69, 9.17) is 4.74 Å². The van der Waals surface area contributed by atoms with Gasteiger partial charge in [0.1, 0.15) is 5.75 Å². The fraction of sp³-hybridized carbons (Fsp3) is 0.238. The topological polar surface area (TPSA) is 93.5 Å². The summed E-state index contributed by atoms with van der Waals surface area (Å²) in [6, 6.07) is 14.2. The Morgan fingerprint density at radius 1 is 1.17 bits per heavy atom. The Labute approximate surface area is 175 Å². The molecular formula is C21H22N4O4S. The Kier molecular flexibility index (Phi) is 5.08. The molecule has 3 aromatic rings. The van der Waals surface area contributed by atoms with Gasteiger partial charge in [-0.25, -0.2) is 13.1 Å². The second kappa shape index (κ2) is 7.58. The van der Waals surface area contributed by atoms with Crippen LogP contribution in [0.15, 0.2) is 53.4 Å². The molecule has 0 atom stereocenters. The smallest absolute Gasteiger partial charge is 0.262 e. The maximum Gasteiger partial charge on any atom is 0.262 e. The van der Waals surface area contributed by atoms with Crippen LogP contribution in [0, 0.1) is 13.8 Å². The fourth-order valence-corrected chi connectivity index (χ4v) is 4.60. The summed E-state index contributed by atoms with van der Waals surface area (Å²) in [5, 5.41) is 7.23. The van der Waals surface area contributed by atoms with Crippen LogP contribution in [0.5, 0.6) is 5.75 Å². The van der Waals surface area contributed by atoms with E-state index in [1.165, 1.54) is 23.5 Å². The van der Waals surface area contributed by atoms with E-state index in [-0.39, 0.29) is 24.0 Å². The molecule has 0 saturated heterocycles. The van der Waals surface area contributed by atoms with Gasteiger partial charge in [0.05, 0.1) is 22.0 Å². The summed E-state index contributed by atoms with van der Waals surface area (Å²) >= 11 is 0. The summed E-state index contributed by atoms with van der Waals surface area (Å²) in [5.41, 5.74) is 3.76. The van der Waals surface area contributed by atoms with Crippen molar-refractivity contribution in [1.82, 2.24) is 14.1 Å². The third-order valence-corrected chi connectivity index (χ3v) is 6.91. The van der Waals surface area contributed by atoms with Crippen molar-refractivity contribution < 1.29 is 17.9 Å². The van der Waals surface area contributed by atoms with E-state index in [1.807, 2.05) is 48.9 Å². The average Bonchev–Trinajstić information content (AvgIpc) is 3.02. The van der Waals surface area contributed by atoms with Crippen molar-refractivity contribution in [1.29, 1.82) is 0 Å². The van der Waals surface area contributed by atoms with Gasteiger partial charge in [-0.3, -0.25) is 4.79 Å². The molecule has 156 valence electrons. The van der Waals surface area contributed by atoms with E-state index in [0.717, 1.165) is 22.6 Å². The molecular weight excluding hydrogens is 404 g/mol. The van der Waals surface area contributed by atoms with E-state index in [0.29, 0.717) is 11.4 Å². The van der Waals surface area contributed by atoms with Gasteiger partial charge in [0.2, 0.25) is 10.0 Å². The molecule has 8 nitrogen and oxygen atoms in total. The first-order valence-corrected chi connectivity index (χ1v) is 10.8. The molecule has 1 amide bonds. The van der Waals surface area contributed by atoms with E-state index in [2.05, 4.69) is 10.4 Å². The predicted octanol–water partition coefficient (Wildman–Crippen LogP) is 2.64. The lowest BCUT2D eigenvalue weighted by atomic mass is 10.2. The lowest BCUT2D eigenvalue weighted by molar-refractivity contribution is -0.118. The number of nitrogens with zero attached hydrogens (tertiary/aromatic N) is 3. The molecule has 9 heteroatoms. The molecule has 0 aliphatic carbocycles. The van der Waals surface area contributed by atoms with Gasteiger partial charge in [0.15, 0.2) is 6.61 Å². The van der Waals surface area contributed by atoms with Crippen LogP contribution >= 0.6 is 0 Å². The third-order valence-electron chi connectivity index (χ3n) is 5.11. The maximum atomic E-state index is 13.1. The van der Waals surface area contributed by atoms with Gasteiger partial charge in [0, 0.05) is 24.8 Å². The zero-order valence-electron chi connectivity index (χ0n) is 16.9. The first-order chi connectivity index (χ1) is 14.3. The summed E-state index contributed by atoms with van der Waals surface area (Å²) in [7, 11) is -2.26. The van der Waals surface area contributed by atoms with Crippen LogP contribution < -0.4 is 10.1 Å². The molecule has 0 bridgehead atoms. The highest BCUT2D eigenvalue weighted by Crippen LogP contribution is 2.31. The minimum absolute atomic E-state index is 0.0804. The van der Waals surface area contributed by atoms with Crippen molar-refractivity contribution in [3.8, 4) is 11.4 Å². The van der Waals surface area contributed by atoms with Gasteiger partial charge in [-0.1, -0.05) is 18.2 Å². The van der Waals surface area contributed by atoms with Crippen LogP contribution in [-0.2, 0) is 21.4 Å². The lowest BCUT2D eigenvalue weighted by Crippen LogP contribution is -2.28. The zero-order valence-corrected chi connectivity index (χ0v) is 17.7. The van der Waals surface area contributed by atoms with Gasteiger partial charge >= 0.3 is 0 Å². The highest BCUT2D eigenvalue weighted by Gasteiger charge is 2.26. The lowest BCUT2D eigenvalue weighted by Gasteiger charge is -2.21. The van der Waals surface area contributed by atoms with Crippen molar-refractivity contribution >= 4 is 21.6 Å². The molecule has 30 heavy (non-hydrogen) atoms. The van der Waals surface area contributed by atoms with Crippen molar-refractivity contribution in [2.45, 2.75) is 25.3 Å². The molecule has 2 heterocycles. The number of carbonyl (C=O) groups is 1. The summed E-state index contributed by atoms with van der Waals surface area (Å²) in [6.45, 7) is 3.89. The summed E-state index contributed by atoms with van der Waals surface area (Å²) in [4.78, 5) is 11.6. The Hall–Kier alpha value is -3.17. The number of benzene rings is 2. The number of aromatic nitrogens is 2. The normalized spacial score (nSPS) is 13.7. The molecule has 0 unspecified atom stereocenters. The number of anilines is 1. The highest BCUT2D eigenvalue weighted by molar-refractivity contribution is 7.89.